The van der Waals surface area contributed by atoms with Gasteiger partial charge in [0.2, 0.25) is 0 Å². The van der Waals surface area contributed by atoms with E-state index in [4.69, 9.17) is 9.84 Å². The summed E-state index contributed by atoms with van der Waals surface area (Å²) in [5.74, 6) is -1.03. The van der Waals surface area contributed by atoms with E-state index in [1.54, 1.807) is 12.2 Å². The van der Waals surface area contributed by atoms with Crippen LogP contribution in [0.5, 0.6) is 0 Å². The number of ether oxygens (including phenoxy) is 1. The lowest BCUT2D eigenvalue weighted by Gasteiger charge is -2.10. The van der Waals surface area contributed by atoms with Crippen molar-refractivity contribution in [3.63, 3.8) is 0 Å². The molecule has 0 bridgehead atoms. The highest BCUT2D eigenvalue weighted by molar-refractivity contribution is 6.17. The summed E-state index contributed by atoms with van der Waals surface area (Å²) in [6, 6.07) is 0. The highest BCUT2D eigenvalue weighted by atomic mass is 16.5. The van der Waals surface area contributed by atoms with Crippen LogP contribution in [0.15, 0.2) is 72.4 Å². The molecule has 2 N–H and O–H groups in total. The molecule has 48 heavy (non-hydrogen) atoms. The molecule has 0 aliphatic rings. The van der Waals surface area contributed by atoms with Crippen molar-refractivity contribution in [3.8, 4) is 0 Å². The minimum Gasteiger partial charge on any atom is -0.459 e. The fourth-order valence-corrected chi connectivity index (χ4v) is 5.36. The summed E-state index contributed by atoms with van der Waals surface area (Å²) >= 11 is 0. The number of aliphatic hydroxyl groups excluding tert-OH is 2. The molecule has 0 spiro atoms. The van der Waals surface area contributed by atoms with Crippen LogP contribution in [-0.4, -0.2) is 41.3 Å². The second-order valence-electron chi connectivity index (χ2n) is 13.0. The van der Waals surface area contributed by atoms with Gasteiger partial charge in [0.25, 0.3) is 0 Å². The van der Waals surface area contributed by atoms with Gasteiger partial charge in [0.1, 0.15) is 18.3 Å². The van der Waals surface area contributed by atoms with Gasteiger partial charge in [0.05, 0.1) is 6.61 Å². The molecule has 1 unspecified atom stereocenters. The lowest BCUT2D eigenvalue weighted by molar-refractivity contribution is -0.143. The molecular formula is C43H72O5. The smallest absolute Gasteiger partial charge is 0.341 e. The summed E-state index contributed by atoms with van der Waals surface area (Å²) in [4.78, 5) is 25.5. The van der Waals surface area contributed by atoms with Crippen molar-refractivity contribution in [2.24, 2.45) is 0 Å². The fraction of sp³-hybridized carbons (Fsp3) is 0.674. The van der Waals surface area contributed by atoms with Crippen molar-refractivity contribution < 1.29 is 24.5 Å². The number of hydrogen-bond acceptors (Lipinski definition) is 5. The fourth-order valence-electron chi connectivity index (χ4n) is 5.36. The summed E-state index contributed by atoms with van der Waals surface area (Å²) < 4.78 is 5.08. The lowest BCUT2D eigenvalue weighted by Crippen LogP contribution is -2.24. The number of aliphatic hydroxyl groups is 2. The van der Waals surface area contributed by atoms with E-state index in [-0.39, 0.29) is 24.4 Å². The molecule has 0 saturated heterocycles. The van der Waals surface area contributed by atoms with E-state index >= 15 is 0 Å². The maximum atomic E-state index is 12.9. The Bertz CT molecular complexity index is 923. The Kier molecular flexibility index (Phi) is 35.4. The van der Waals surface area contributed by atoms with E-state index in [1.165, 1.54) is 128 Å². The van der Waals surface area contributed by atoms with Crippen molar-refractivity contribution in [1.29, 1.82) is 0 Å². The highest BCUT2D eigenvalue weighted by Crippen LogP contribution is 2.15. The molecule has 1 atom stereocenters. The molecule has 0 aliphatic heterocycles. The van der Waals surface area contributed by atoms with Crippen LogP contribution in [-0.2, 0) is 14.3 Å². The van der Waals surface area contributed by atoms with Crippen LogP contribution in [0.2, 0.25) is 0 Å². The summed E-state index contributed by atoms with van der Waals surface area (Å²) in [6.45, 7) is 3.65. The molecule has 5 nitrogen and oxygen atoms in total. The van der Waals surface area contributed by atoms with Crippen LogP contribution >= 0.6 is 0 Å². The van der Waals surface area contributed by atoms with Gasteiger partial charge in [-0.3, -0.25) is 4.79 Å². The Morgan fingerprint density at radius 1 is 0.542 bits per heavy atom. The zero-order valence-corrected chi connectivity index (χ0v) is 30.9. The van der Waals surface area contributed by atoms with Gasteiger partial charge in [-0.15, -0.1) is 0 Å². The SMILES string of the molecule is CCCCCCCCC/C=C/C=C/C=C/C=C/C=C/C=C(\C(=O)CCCCCCCCCCCCCCCCC)C(=O)OCC(O)CO. The predicted molar refractivity (Wildman–Crippen MR) is 205 cm³/mol. The molecule has 274 valence electrons. The quantitative estimate of drug-likeness (QED) is 0.0178. The minimum atomic E-state index is -1.17. The first kappa shape index (κ1) is 45.5. The van der Waals surface area contributed by atoms with Gasteiger partial charge in [-0.25, -0.2) is 4.79 Å². The summed E-state index contributed by atoms with van der Waals surface area (Å²) in [7, 11) is 0. The van der Waals surface area contributed by atoms with Crippen molar-refractivity contribution >= 4 is 11.8 Å². The molecule has 0 radical (unpaired) electrons. The summed E-state index contributed by atoms with van der Waals surface area (Å²) in [5.41, 5.74) is -0.0306. The lowest BCUT2D eigenvalue weighted by atomic mass is 10.0. The molecule has 0 aromatic heterocycles. The monoisotopic (exact) mass is 669 g/mol. The molecular weight excluding hydrogens is 596 g/mol. The Labute approximate surface area is 295 Å². The number of allylic oxidation sites excluding steroid dienone is 11. The molecule has 0 fully saturated rings. The molecule has 0 saturated carbocycles. The zero-order chi connectivity index (χ0) is 35.2. The molecule has 5 heteroatoms. The molecule has 0 aliphatic carbocycles. The molecule has 0 heterocycles. The first-order valence-corrected chi connectivity index (χ1v) is 19.6. The van der Waals surface area contributed by atoms with Crippen molar-refractivity contribution in [3.05, 3.63) is 72.4 Å². The maximum absolute atomic E-state index is 12.9. The molecule has 0 amide bonds. The standard InChI is InChI=1S/C43H72O5/c1-3-5-7-9-11-13-15-17-19-20-21-23-24-26-28-30-32-34-36-41(43(47)48-39-40(45)38-44)42(46)37-35-33-31-29-27-25-22-18-16-14-12-10-8-6-4-2/h19-21,23-24,26,28,30,32,34,36,40,44-45H,3-18,22,25,27,29,31,33,35,37-39H2,1-2H3/b20-19+,23-21+,26-24+,30-28+,34-32+,41-36+. The van der Waals surface area contributed by atoms with E-state index in [0.717, 1.165) is 25.7 Å². The number of carbonyl (C=O) groups excluding carboxylic acids is 2. The molecule has 0 rings (SSSR count). The average molecular weight is 669 g/mol. The van der Waals surface area contributed by atoms with Crippen molar-refractivity contribution in [2.75, 3.05) is 13.2 Å². The topological polar surface area (TPSA) is 83.8 Å². The minimum absolute atomic E-state index is 0.0306. The Hall–Kier alpha value is -2.50. The van der Waals surface area contributed by atoms with Gasteiger partial charge >= 0.3 is 5.97 Å². The number of Topliss-reactive ketones (excluding diaryl/α,β-unsaturated/α-hetero) is 1. The highest BCUT2D eigenvalue weighted by Gasteiger charge is 2.19. The van der Waals surface area contributed by atoms with Gasteiger partial charge in [-0.2, -0.15) is 0 Å². The summed E-state index contributed by atoms with van der Waals surface area (Å²) in [5, 5.41) is 18.6. The average Bonchev–Trinajstić information content (AvgIpc) is 3.09. The van der Waals surface area contributed by atoms with Crippen LogP contribution in [0.3, 0.4) is 0 Å². The third-order valence-electron chi connectivity index (χ3n) is 8.41. The largest absolute Gasteiger partial charge is 0.459 e. The maximum Gasteiger partial charge on any atom is 0.341 e. The van der Waals surface area contributed by atoms with Crippen molar-refractivity contribution in [1.82, 2.24) is 0 Å². The van der Waals surface area contributed by atoms with Gasteiger partial charge in [-0.05, 0) is 25.3 Å². The molecule has 0 aromatic carbocycles. The second-order valence-corrected chi connectivity index (χ2v) is 13.0. The number of carbonyl (C=O) groups is 2. The van der Waals surface area contributed by atoms with E-state index in [1.807, 2.05) is 36.5 Å². The van der Waals surface area contributed by atoms with E-state index in [0.29, 0.717) is 0 Å². The van der Waals surface area contributed by atoms with Gasteiger partial charge < -0.3 is 14.9 Å². The molecule has 0 aromatic rings. The number of hydrogen-bond donors (Lipinski definition) is 2. The van der Waals surface area contributed by atoms with Gasteiger partial charge in [0, 0.05) is 6.42 Å². The number of esters is 1. The van der Waals surface area contributed by atoms with Gasteiger partial charge in [0.15, 0.2) is 5.78 Å². The Balaban J connectivity index is 4.40. The van der Waals surface area contributed by atoms with Crippen LogP contribution in [0.25, 0.3) is 0 Å². The third kappa shape index (κ3) is 32.1. The normalized spacial score (nSPS) is 13.3. The number of rotatable bonds is 34. The van der Waals surface area contributed by atoms with Crippen LogP contribution < -0.4 is 0 Å². The van der Waals surface area contributed by atoms with E-state index < -0.39 is 18.7 Å². The first-order chi connectivity index (χ1) is 23.6. The van der Waals surface area contributed by atoms with Crippen LogP contribution in [0.1, 0.15) is 168 Å². The Morgan fingerprint density at radius 2 is 0.938 bits per heavy atom. The predicted octanol–water partition coefficient (Wildman–Crippen LogP) is 11.6. The Morgan fingerprint density at radius 3 is 1.40 bits per heavy atom. The summed E-state index contributed by atoms with van der Waals surface area (Å²) in [6.07, 6.45) is 49.1. The third-order valence-corrected chi connectivity index (χ3v) is 8.41. The zero-order valence-electron chi connectivity index (χ0n) is 30.9. The second kappa shape index (κ2) is 37.3. The number of unbranched alkanes of at least 4 members (excludes halogenated alkanes) is 21. The van der Waals surface area contributed by atoms with E-state index in [9.17, 15) is 14.7 Å². The van der Waals surface area contributed by atoms with Crippen molar-refractivity contribution in [2.45, 2.75) is 174 Å². The van der Waals surface area contributed by atoms with Gasteiger partial charge in [-0.1, -0.05) is 203 Å². The first-order valence-electron chi connectivity index (χ1n) is 19.6. The number of ketones is 1. The van der Waals surface area contributed by atoms with Crippen LogP contribution in [0, 0.1) is 0 Å². The van der Waals surface area contributed by atoms with Crippen LogP contribution in [0.4, 0.5) is 0 Å². The van der Waals surface area contributed by atoms with E-state index in [2.05, 4.69) is 26.0 Å².